The number of fused-ring (bicyclic) bond motifs is 1. The third kappa shape index (κ3) is 4.75. The van der Waals surface area contributed by atoms with Crippen LogP contribution in [0.1, 0.15) is 41.8 Å². The average molecular weight is 466 g/mol. The van der Waals surface area contributed by atoms with Crippen LogP contribution in [-0.2, 0) is 4.79 Å². The molecule has 1 aromatic carbocycles. The molecule has 0 atom stereocenters. The lowest BCUT2D eigenvalue weighted by Gasteiger charge is -2.11. The number of halogens is 1. The highest BCUT2D eigenvalue weighted by Gasteiger charge is 2.20. The molecule has 9 heteroatoms. The first kappa shape index (κ1) is 22.5. The number of pyridine rings is 1. The maximum Gasteiger partial charge on any atom is 0.252 e. The first-order valence-electron chi connectivity index (χ1n) is 10.5. The van der Waals surface area contributed by atoms with Crippen molar-refractivity contribution in [2.24, 2.45) is 0 Å². The van der Waals surface area contributed by atoms with E-state index in [4.69, 9.17) is 21.0 Å². The third-order valence-corrected chi connectivity index (χ3v) is 5.41. The largest absolute Gasteiger partial charge is 0.466 e. The normalized spacial score (nSPS) is 11.2. The van der Waals surface area contributed by atoms with E-state index in [0.29, 0.717) is 38.8 Å². The number of hydrogen-bond donors (Lipinski definition) is 2. The summed E-state index contributed by atoms with van der Waals surface area (Å²) in [6.07, 6.45) is 1.63. The highest BCUT2D eigenvalue weighted by atomic mass is 35.5. The van der Waals surface area contributed by atoms with Gasteiger partial charge in [-0.25, -0.2) is 9.67 Å². The SMILES string of the molecule is Cc1cc(-c2cc(C(=O)NCC(=O)Nc3ccc(Cl)cc3)c3cnn(C(C)C)c3n2)c(C)o1. The summed E-state index contributed by atoms with van der Waals surface area (Å²) in [6, 6.07) is 10.4. The van der Waals surface area contributed by atoms with Crippen LogP contribution in [0.25, 0.3) is 22.3 Å². The molecule has 0 aliphatic carbocycles. The van der Waals surface area contributed by atoms with Gasteiger partial charge in [0.05, 0.1) is 29.4 Å². The minimum Gasteiger partial charge on any atom is -0.466 e. The zero-order chi connectivity index (χ0) is 23.7. The van der Waals surface area contributed by atoms with Crippen LogP contribution in [-0.4, -0.2) is 33.1 Å². The fourth-order valence-corrected chi connectivity index (χ4v) is 3.73. The second kappa shape index (κ2) is 9.07. The molecule has 0 bridgehead atoms. The molecule has 2 N–H and O–H groups in total. The Labute approximate surface area is 195 Å². The van der Waals surface area contributed by atoms with E-state index >= 15 is 0 Å². The van der Waals surface area contributed by atoms with Crippen molar-refractivity contribution in [2.75, 3.05) is 11.9 Å². The van der Waals surface area contributed by atoms with Gasteiger partial charge in [0, 0.05) is 22.3 Å². The van der Waals surface area contributed by atoms with Crippen molar-refractivity contribution in [3.8, 4) is 11.3 Å². The second-order valence-corrected chi connectivity index (χ2v) is 8.48. The van der Waals surface area contributed by atoms with Gasteiger partial charge in [-0.1, -0.05) is 11.6 Å². The minimum absolute atomic E-state index is 0.0542. The Morgan fingerprint density at radius 3 is 2.52 bits per heavy atom. The molecule has 8 nitrogen and oxygen atoms in total. The number of benzene rings is 1. The lowest BCUT2D eigenvalue weighted by Crippen LogP contribution is -2.33. The van der Waals surface area contributed by atoms with Crippen LogP contribution in [0.2, 0.25) is 5.02 Å². The van der Waals surface area contributed by atoms with Gasteiger partial charge >= 0.3 is 0 Å². The van der Waals surface area contributed by atoms with E-state index in [-0.39, 0.29) is 18.5 Å². The molecule has 0 spiro atoms. The van der Waals surface area contributed by atoms with Gasteiger partial charge in [0.2, 0.25) is 5.91 Å². The highest BCUT2D eigenvalue weighted by Crippen LogP contribution is 2.30. The van der Waals surface area contributed by atoms with Crippen LogP contribution >= 0.6 is 11.6 Å². The van der Waals surface area contributed by atoms with Crippen molar-refractivity contribution >= 4 is 40.1 Å². The standard InChI is InChI=1S/C24H24ClN5O3/c1-13(2)30-23-20(11-27-30)19(10-21(29-23)18-9-14(3)33-15(18)4)24(32)26-12-22(31)28-17-7-5-16(25)6-8-17/h5-11,13H,12H2,1-4H3,(H,26,32)(H,28,31). The number of carbonyl (C=O) groups is 2. The molecule has 0 unspecified atom stereocenters. The van der Waals surface area contributed by atoms with Gasteiger partial charge in [-0.15, -0.1) is 0 Å². The fourth-order valence-electron chi connectivity index (χ4n) is 3.60. The molecule has 0 aliphatic heterocycles. The first-order valence-corrected chi connectivity index (χ1v) is 10.9. The monoisotopic (exact) mass is 465 g/mol. The van der Waals surface area contributed by atoms with E-state index in [1.165, 1.54) is 0 Å². The lowest BCUT2D eigenvalue weighted by atomic mass is 10.1. The number of carbonyl (C=O) groups excluding carboxylic acids is 2. The summed E-state index contributed by atoms with van der Waals surface area (Å²) in [5.74, 6) is 0.724. The Morgan fingerprint density at radius 2 is 1.88 bits per heavy atom. The average Bonchev–Trinajstić information content (AvgIpc) is 3.35. The molecular weight excluding hydrogens is 442 g/mol. The number of anilines is 1. The van der Waals surface area contributed by atoms with Crippen LogP contribution in [0.3, 0.4) is 0 Å². The highest BCUT2D eigenvalue weighted by molar-refractivity contribution is 6.30. The van der Waals surface area contributed by atoms with Gasteiger partial charge in [0.1, 0.15) is 11.5 Å². The van der Waals surface area contributed by atoms with E-state index < -0.39 is 5.91 Å². The summed E-state index contributed by atoms with van der Waals surface area (Å²) in [6.45, 7) is 7.52. The Balaban J connectivity index is 1.62. The molecule has 0 saturated heterocycles. The molecule has 0 saturated carbocycles. The summed E-state index contributed by atoms with van der Waals surface area (Å²) in [4.78, 5) is 30.2. The molecule has 3 aromatic heterocycles. The topological polar surface area (TPSA) is 102 Å². The zero-order valence-electron chi connectivity index (χ0n) is 18.8. The van der Waals surface area contributed by atoms with Gasteiger partial charge in [-0.2, -0.15) is 5.10 Å². The quantitative estimate of drug-likeness (QED) is 0.421. The van der Waals surface area contributed by atoms with Crippen LogP contribution in [0, 0.1) is 13.8 Å². The van der Waals surface area contributed by atoms with E-state index in [1.54, 1.807) is 41.2 Å². The van der Waals surface area contributed by atoms with Gasteiger partial charge in [0.25, 0.3) is 5.91 Å². The molecule has 3 heterocycles. The predicted octanol–water partition coefficient (Wildman–Crippen LogP) is 4.91. The van der Waals surface area contributed by atoms with Gasteiger partial charge in [-0.3, -0.25) is 9.59 Å². The Morgan fingerprint density at radius 1 is 1.15 bits per heavy atom. The van der Waals surface area contributed by atoms with Gasteiger partial charge in [-0.05, 0) is 64.1 Å². The predicted molar refractivity (Wildman–Crippen MR) is 128 cm³/mol. The number of nitrogens with one attached hydrogen (secondary N) is 2. The number of aromatic nitrogens is 3. The van der Waals surface area contributed by atoms with E-state index in [9.17, 15) is 9.59 Å². The number of rotatable bonds is 6. The van der Waals surface area contributed by atoms with E-state index in [2.05, 4.69) is 15.7 Å². The molecular formula is C24H24ClN5O3. The number of furan rings is 1. The molecule has 4 aromatic rings. The maximum absolute atomic E-state index is 13.1. The first-order chi connectivity index (χ1) is 15.7. The van der Waals surface area contributed by atoms with Crippen molar-refractivity contribution in [1.29, 1.82) is 0 Å². The smallest absolute Gasteiger partial charge is 0.252 e. The summed E-state index contributed by atoms with van der Waals surface area (Å²) >= 11 is 5.87. The molecule has 170 valence electrons. The summed E-state index contributed by atoms with van der Waals surface area (Å²) in [5.41, 5.74) is 2.99. The number of aryl methyl sites for hydroxylation is 2. The minimum atomic E-state index is -0.393. The molecule has 0 aliphatic rings. The number of hydrogen-bond acceptors (Lipinski definition) is 5. The van der Waals surface area contributed by atoms with Crippen molar-refractivity contribution < 1.29 is 14.0 Å². The van der Waals surface area contributed by atoms with Crippen molar-refractivity contribution in [3.05, 3.63) is 64.7 Å². The fraction of sp³-hybridized carbons (Fsp3) is 0.250. The zero-order valence-corrected chi connectivity index (χ0v) is 19.5. The maximum atomic E-state index is 13.1. The molecule has 33 heavy (non-hydrogen) atoms. The number of amides is 2. The van der Waals surface area contributed by atoms with E-state index in [1.807, 2.05) is 33.8 Å². The summed E-state index contributed by atoms with van der Waals surface area (Å²) in [7, 11) is 0. The molecule has 4 rings (SSSR count). The van der Waals surface area contributed by atoms with Crippen LogP contribution in [0.5, 0.6) is 0 Å². The van der Waals surface area contributed by atoms with Crippen molar-refractivity contribution in [3.63, 3.8) is 0 Å². The summed E-state index contributed by atoms with van der Waals surface area (Å²) in [5, 5.41) is 11.0. The van der Waals surface area contributed by atoms with E-state index in [0.717, 1.165) is 11.3 Å². The molecule has 2 amide bonds. The Kier molecular flexibility index (Phi) is 6.20. The van der Waals surface area contributed by atoms with Gasteiger partial charge < -0.3 is 15.1 Å². The summed E-state index contributed by atoms with van der Waals surface area (Å²) < 4.78 is 7.43. The Hall–Kier alpha value is -3.65. The van der Waals surface area contributed by atoms with Crippen LogP contribution < -0.4 is 10.6 Å². The third-order valence-electron chi connectivity index (χ3n) is 5.15. The van der Waals surface area contributed by atoms with Gasteiger partial charge in [0.15, 0.2) is 5.65 Å². The second-order valence-electron chi connectivity index (χ2n) is 8.04. The lowest BCUT2D eigenvalue weighted by molar-refractivity contribution is -0.115. The van der Waals surface area contributed by atoms with Crippen LogP contribution in [0.15, 0.2) is 47.0 Å². The Bertz CT molecular complexity index is 1340. The van der Waals surface area contributed by atoms with Crippen molar-refractivity contribution in [2.45, 2.75) is 33.7 Å². The number of nitrogens with zero attached hydrogens (tertiary/aromatic N) is 3. The van der Waals surface area contributed by atoms with Crippen LogP contribution in [0.4, 0.5) is 5.69 Å². The van der Waals surface area contributed by atoms with Crippen molar-refractivity contribution in [1.82, 2.24) is 20.1 Å². The molecule has 0 radical (unpaired) electrons. The molecule has 0 fully saturated rings.